The summed E-state index contributed by atoms with van der Waals surface area (Å²) in [5.74, 6) is -3.24. The first-order chi connectivity index (χ1) is 5.59. The van der Waals surface area contributed by atoms with Gasteiger partial charge in [-0.15, -0.1) is 0 Å². The van der Waals surface area contributed by atoms with E-state index in [9.17, 15) is 13.6 Å². The van der Waals surface area contributed by atoms with Gasteiger partial charge in [-0.1, -0.05) is 6.07 Å². The van der Waals surface area contributed by atoms with Crippen LogP contribution in [0.15, 0.2) is 23.1 Å². The Hall–Kier alpha value is -1.19. The van der Waals surface area contributed by atoms with E-state index in [1.165, 1.54) is 18.3 Å². The van der Waals surface area contributed by atoms with E-state index in [2.05, 4.69) is 4.98 Å². The van der Waals surface area contributed by atoms with Crippen LogP contribution in [0.3, 0.4) is 0 Å². The van der Waals surface area contributed by atoms with Crippen LogP contribution in [-0.4, -0.2) is 10.9 Å². The molecule has 1 aromatic rings. The quantitative estimate of drug-likeness (QED) is 0.682. The molecular weight excluding hydrogens is 164 g/mol. The maximum Gasteiger partial charge on any atom is 0.255 e. The second-order valence-electron chi connectivity index (χ2n) is 3.00. The van der Waals surface area contributed by atoms with Gasteiger partial charge in [-0.2, -0.15) is 0 Å². The Morgan fingerprint density at radius 3 is 2.58 bits per heavy atom. The van der Waals surface area contributed by atoms with Gasteiger partial charge in [0.25, 0.3) is 5.92 Å². The van der Waals surface area contributed by atoms with Crippen LogP contribution in [0.4, 0.5) is 8.78 Å². The summed E-state index contributed by atoms with van der Waals surface area (Å²) < 4.78 is 25.0. The number of H-pyrrole nitrogens is 1. The third-order valence-corrected chi connectivity index (χ3v) is 2.04. The van der Waals surface area contributed by atoms with E-state index < -0.39 is 11.8 Å². The molecule has 1 saturated carbocycles. The van der Waals surface area contributed by atoms with Crippen LogP contribution >= 0.6 is 0 Å². The number of pyridine rings is 1. The minimum atomic E-state index is -2.56. The fourth-order valence-electron chi connectivity index (χ4n) is 1.21. The summed E-state index contributed by atoms with van der Waals surface area (Å²) in [4.78, 5) is 13.0. The summed E-state index contributed by atoms with van der Waals surface area (Å²) >= 11 is 0. The molecule has 0 spiro atoms. The lowest BCUT2D eigenvalue weighted by molar-refractivity contribution is 0.112. The summed E-state index contributed by atoms with van der Waals surface area (Å²) in [5, 5.41) is 0. The molecule has 0 aliphatic heterocycles. The van der Waals surface area contributed by atoms with Gasteiger partial charge in [0, 0.05) is 18.7 Å². The minimum Gasteiger partial charge on any atom is -0.329 e. The van der Waals surface area contributed by atoms with Crippen LogP contribution in [0, 0.1) is 0 Å². The van der Waals surface area contributed by atoms with E-state index in [0.717, 1.165) is 0 Å². The van der Waals surface area contributed by atoms with Crippen molar-refractivity contribution in [2.24, 2.45) is 0 Å². The van der Waals surface area contributed by atoms with Gasteiger partial charge < -0.3 is 4.98 Å². The Morgan fingerprint density at radius 1 is 1.50 bits per heavy atom. The Balaban J connectivity index is 2.27. The zero-order valence-electron chi connectivity index (χ0n) is 6.18. The van der Waals surface area contributed by atoms with Crippen molar-refractivity contribution in [2.45, 2.75) is 18.3 Å². The predicted molar refractivity (Wildman–Crippen MR) is 39.4 cm³/mol. The van der Waals surface area contributed by atoms with Gasteiger partial charge >= 0.3 is 0 Å². The fraction of sp³-hybridized carbons (Fsp3) is 0.375. The first kappa shape index (κ1) is 7.46. The number of aromatic amines is 1. The molecule has 1 N–H and O–H groups in total. The number of nitrogens with one attached hydrogen (secondary N) is 1. The highest BCUT2D eigenvalue weighted by atomic mass is 19.3. The summed E-state index contributed by atoms with van der Waals surface area (Å²) in [6.07, 6.45) is 1.26. The van der Waals surface area contributed by atoms with Crippen LogP contribution < -0.4 is 5.56 Å². The lowest BCUT2D eigenvalue weighted by Gasteiger charge is -1.96. The summed E-state index contributed by atoms with van der Waals surface area (Å²) in [7, 11) is 0. The van der Waals surface area contributed by atoms with Crippen molar-refractivity contribution in [3.63, 3.8) is 0 Å². The average Bonchev–Trinajstić information content (AvgIpc) is 2.61. The Kier molecular flexibility index (Phi) is 1.34. The van der Waals surface area contributed by atoms with Crippen molar-refractivity contribution in [2.75, 3.05) is 0 Å². The Bertz CT molecular complexity index is 338. The number of halogens is 2. The van der Waals surface area contributed by atoms with Gasteiger partial charge in [-0.25, -0.2) is 8.78 Å². The monoisotopic (exact) mass is 171 g/mol. The molecule has 0 saturated heterocycles. The van der Waals surface area contributed by atoms with Crippen molar-refractivity contribution in [1.29, 1.82) is 0 Å². The molecule has 0 bridgehead atoms. The molecule has 1 aliphatic rings. The number of alkyl halides is 2. The van der Waals surface area contributed by atoms with Gasteiger partial charge in [-0.05, 0) is 5.56 Å². The van der Waals surface area contributed by atoms with E-state index in [4.69, 9.17) is 0 Å². The minimum absolute atomic E-state index is 0.0982. The molecule has 1 heterocycles. The van der Waals surface area contributed by atoms with Gasteiger partial charge in [0.05, 0.1) is 5.92 Å². The predicted octanol–water partition coefficient (Wildman–Crippen LogP) is 1.50. The van der Waals surface area contributed by atoms with Crippen molar-refractivity contribution in [3.05, 3.63) is 34.2 Å². The number of hydrogen-bond acceptors (Lipinski definition) is 1. The highest BCUT2D eigenvalue weighted by molar-refractivity contribution is 5.25. The lowest BCUT2D eigenvalue weighted by Crippen LogP contribution is -2.03. The molecule has 1 atom stereocenters. The normalized spacial score (nSPS) is 25.3. The lowest BCUT2D eigenvalue weighted by atomic mass is 10.2. The van der Waals surface area contributed by atoms with Crippen molar-refractivity contribution in [3.8, 4) is 0 Å². The molecule has 0 aromatic carbocycles. The Morgan fingerprint density at radius 2 is 2.17 bits per heavy atom. The molecule has 1 aliphatic carbocycles. The smallest absolute Gasteiger partial charge is 0.255 e. The molecule has 0 amide bonds. The first-order valence-corrected chi connectivity index (χ1v) is 3.66. The van der Waals surface area contributed by atoms with E-state index in [1.807, 2.05) is 0 Å². The first-order valence-electron chi connectivity index (χ1n) is 3.66. The molecule has 1 fully saturated rings. The maximum atomic E-state index is 12.5. The molecular formula is C8H7F2NO. The number of aromatic nitrogens is 1. The molecule has 2 nitrogen and oxygen atoms in total. The van der Waals surface area contributed by atoms with E-state index in [0.29, 0.717) is 5.56 Å². The highest BCUT2D eigenvalue weighted by Crippen LogP contribution is 2.55. The summed E-state index contributed by atoms with van der Waals surface area (Å²) in [5.41, 5.74) is 0.252. The fourth-order valence-corrected chi connectivity index (χ4v) is 1.21. The standard InChI is InChI=1S/C8H7F2NO/c9-8(10)3-6(8)5-1-2-7(12)11-4-5/h1-2,4,6H,3H2,(H,11,12). The summed E-state index contributed by atoms with van der Waals surface area (Å²) in [6, 6.07) is 2.72. The molecule has 0 radical (unpaired) electrons. The van der Waals surface area contributed by atoms with Crippen LogP contribution in [0.2, 0.25) is 0 Å². The van der Waals surface area contributed by atoms with Gasteiger partial charge in [-0.3, -0.25) is 4.79 Å². The number of hydrogen-bond donors (Lipinski definition) is 1. The van der Waals surface area contributed by atoms with Crippen LogP contribution in [0.5, 0.6) is 0 Å². The maximum absolute atomic E-state index is 12.5. The Labute approximate surface area is 67.2 Å². The van der Waals surface area contributed by atoms with Crippen LogP contribution in [0.1, 0.15) is 17.9 Å². The largest absolute Gasteiger partial charge is 0.329 e. The SMILES string of the molecule is O=c1ccc(C2CC2(F)F)c[nH]1. The summed E-state index contributed by atoms with van der Waals surface area (Å²) in [6.45, 7) is 0. The average molecular weight is 171 g/mol. The third-order valence-electron chi connectivity index (χ3n) is 2.04. The van der Waals surface area contributed by atoms with Crippen molar-refractivity contribution < 1.29 is 8.78 Å². The van der Waals surface area contributed by atoms with Crippen LogP contribution in [-0.2, 0) is 0 Å². The molecule has 64 valence electrons. The highest BCUT2D eigenvalue weighted by Gasteiger charge is 2.57. The van der Waals surface area contributed by atoms with Crippen molar-refractivity contribution in [1.82, 2.24) is 4.98 Å². The van der Waals surface area contributed by atoms with Gasteiger partial charge in [0.15, 0.2) is 0 Å². The van der Waals surface area contributed by atoms with E-state index in [-0.39, 0.29) is 12.0 Å². The third kappa shape index (κ3) is 1.13. The molecule has 12 heavy (non-hydrogen) atoms. The molecule has 4 heteroatoms. The molecule has 1 unspecified atom stereocenters. The zero-order chi connectivity index (χ0) is 8.77. The molecule has 2 rings (SSSR count). The van der Waals surface area contributed by atoms with E-state index in [1.54, 1.807) is 0 Å². The van der Waals surface area contributed by atoms with Gasteiger partial charge in [0.2, 0.25) is 5.56 Å². The number of rotatable bonds is 1. The van der Waals surface area contributed by atoms with Crippen LogP contribution in [0.25, 0.3) is 0 Å². The van der Waals surface area contributed by atoms with Gasteiger partial charge in [0.1, 0.15) is 0 Å². The molecule has 1 aromatic heterocycles. The van der Waals surface area contributed by atoms with E-state index >= 15 is 0 Å². The second kappa shape index (κ2) is 2.15. The zero-order valence-corrected chi connectivity index (χ0v) is 6.18. The second-order valence-corrected chi connectivity index (χ2v) is 3.00. The topological polar surface area (TPSA) is 32.9 Å². The van der Waals surface area contributed by atoms with Crippen molar-refractivity contribution >= 4 is 0 Å².